The molecule has 0 spiro atoms. The van der Waals surface area contributed by atoms with Crippen LogP contribution in [-0.2, 0) is 6.54 Å². The van der Waals surface area contributed by atoms with E-state index in [1.165, 1.54) is 5.69 Å². The number of halogens is 1. The Hall–Kier alpha value is -1.23. The highest BCUT2D eigenvalue weighted by molar-refractivity contribution is 9.11. The van der Waals surface area contributed by atoms with Gasteiger partial charge in [0, 0.05) is 41.7 Å². The van der Waals surface area contributed by atoms with Crippen LogP contribution < -0.4 is 5.32 Å². The van der Waals surface area contributed by atoms with E-state index in [-0.39, 0.29) is 0 Å². The highest BCUT2D eigenvalue weighted by Crippen LogP contribution is 2.19. The lowest BCUT2D eigenvalue weighted by Crippen LogP contribution is -2.21. The number of likely N-dealkylation sites (N-methyl/N-ethyl adjacent to an activating group) is 1. The maximum absolute atomic E-state index is 4.48. The summed E-state index contributed by atoms with van der Waals surface area (Å²) in [7, 11) is 2.05. The Kier molecular flexibility index (Phi) is 3.57. The van der Waals surface area contributed by atoms with Crippen molar-refractivity contribution < 1.29 is 0 Å². The van der Waals surface area contributed by atoms with Crippen LogP contribution >= 0.6 is 15.9 Å². The van der Waals surface area contributed by atoms with Crippen LogP contribution in [0.5, 0.6) is 0 Å². The zero-order valence-corrected chi connectivity index (χ0v) is 12.0. The van der Waals surface area contributed by atoms with Crippen LogP contribution in [0.2, 0.25) is 0 Å². The van der Waals surface area contributed by atoms with Gasteiger partial charge < -0.3 is 10.2 Å². The van der Waals surface area contributed by atoms with Gasteiger partial charge in [0.15, 0.2) is 5.82 Å². The van der Waals surface area contributed by atoms with Crippen LogP contribution in [0.1, 0.15) is 12.6 Å². The number of nitrogens with zero attached hydrogens (tertiary/aromatic N) is 3. The monoisotopic (exact) mass is 296 g/mol. The number of hydrogen-bond acceptors (Lipinski definition) is 3. The summed E-state index contributed by atoms with van der Waals surface area (Å²) in [6.07, 6.45) is 4.14. The first kappa shape index (κ1) is 12.2. The van der Waals surface area contributed by atoms with E-state index in [0.29, 0.717) is 0 Å². The minimum absolute atomic E-state index is 0.868. The summed E-state index contributed by atoms with van der Waals surface area (Å²) in [6, 6.07) is 2.07. The SMILES string of the molecule is CCn1nc(NC2=CC(Br)=CN(C)C2)cc1C. The number of hydrogen-bond donors (Lipinski definition) is 1. The van der Waals surface area contributed by atoms with Gasteiger partial charge in [0.25, 0.3) is 0 Å². The average molecular weight is 297 g/mol. The van der Waals surface area contributed by atoms with Crippen molar-refractivity contribution in [3.05, 3.63) is 34.2 Å². The summed E-state index contributed by atoms with van der Waals surface area (Å²) in [5.41, 5.74) is 2.32. The number of anilines is 1. The molecule has 1 aromatic rings. The molecule has 0 atom stereocenters. The molecule has 0 amide bonds. The normalized spacial score (nSPS) is 15.6. The maximum atomic E-state index is 4.48. The summed E-state index contributed by atoms with van der Waals surface area (Å²) in [4.78, 5) is 2.12. The molecule has 17 heavy (non-hydrogen) atoms. The summed E-state index contributed by atoms with van der Waals surface area (Å²) >= 11 is 3.49. The molecule has 0 unspecified atom stereocenters. The van der Waals surface area contributed by atoms with Gasteiger partial charge in [-0.25, -0.2) is 0 Å². The van der Waals surface area contributed by atoms with Crippen LogP contribution in [0.4, 0.5) is 5.82 Å². The van der Waals surface area contributed by atoms with Gasteiger partial charge in [-0.15, -0.1) is 0 Å². The molecule has 2 rings (SSSR count). The fourth-order valence-electron chi connectivity index (χ4n) is 1.91. The van der Waals surface area contributed by atoms with Gasteiger partial charge in [-0.2, -0.15) is 5.10 Å². The Bertz CT molecular complexity index is 473. The van der Waals surface area contributed by atoms with Gasteiger partial charge in [0.1, 0.15) is 0 Å². The highest BCUT2D eigenvalue weighted by Gasteiger charge is 2.10. The molecule has 1 aliphatic rings. The van der Waals surface area contributed by atoms with E-state index in [1.807, 2.05) is 11.7 Å². The third kappa shape index (κ3) is 2.91. The Labute approximate surface area is 110 Å². The van der Waals surface area contributed by atoms with Gasteiger partial charge >= 0.3 is 0 Å². The van der Waals surface area contributed by atoms with Crippen LogP contribution in [-0.4, -0.2) is 28.3 Å². The van der Waals surface area contributed by atoms with E-state index >= 15 is 0 Å². The van der Waals surface area contributed by atoms with Crippen molar-refractivity contribution in [2.75, 3.05) is 18.9 Å². The molecule has 0 saturated carbocycles. The molecule has 0 saturated heterocycles. The Morgan fingerprint density at radius 2 is 2.29 bits per heavy atom. The Morgan fingerprint density at radius 3 is 2.88 bits per heavy atom. The maximum Gasteiger partial charge on any atom is 0.152 e. The summed E-state index contributed by atoms with van der Waals surface area (Å²) in [5.74, 6) is 0.909. The molecule has 0 bridgehead atoms. The van der Waals surface area contributed by atoms with E-state index < -0.39 is 0 Å². The molecule has 92 valence electrons. The molecule has 0 fully saturated rings. The Morgan fingerprint density at radius 1 is 1.53 bits per heavy atom. The molecule has 0 radical (unpaired) electrons. The van der Waals surface area contributed by atoms with Gasteiger partial charge in [-0.3, -0.25) is 4.68 Å². The number of aryl methyl sites for hydroxylation is 2. The van der Waals surface area contributed by atoms with Crippen molar-refractivity contribution in [1.29, 1.82) is 0 Å². The zero-order valence-electron chi connectivity index (χ0n) is 10.4. The van der Waals surface area contributed by atoms with Crippen LogP contribution in [0.3, 0.4) is 0 Å². The predicted octanol–water partition coefficient (Wildman–Crippen LogP) is 2.69. The van der Waals surface area contributed by atoms with Crippen LogP contribution in [0.15, 0.2) is 28.5 Å². The van der Waals surface area contributed by atoms with E-state index in [4.69, 9.17) is 0 Å². The summed E-state index contributed by atoms with van der Waals surface area (Å²) < 4.78 is 3.06. The van der Waals surface area contributed by atoms with Crippen molar-refractivity contribution in [3.8, 4) is 0 Å². The zero-order chi connectivity index (χ0) is 12.4. The van der Waals surface area contributed by atoms with Crippen LogP contribution in [0.25, 0.3) is 0 Å². The number of allylic oxidation sites excluding steroid dienone is 2. The van der Waals surface area contributed by atoms with Crippen molar-refractivity contribution in [2.24, 2.45) is 0 Å². The quantitative estimate of drug-likeness (QED) is 0.931. The predicted molar refractivity (Wildman–Crippen MR) is 74.0 cm³/mol. The first-order valence-corrected chi connectivity index (χ1v) is 6.47. The first-order valence-electron chi connectivity index (χ1n) is 5.68. The molecule has 0 aliphatic carbocycles. The number of aromatic nitrogens is 2. The fourth-order valence-corrected chi connectivity index (χ4v) is 2.53. The first-order chi connectivity index (χ1) is 8.08. The summed E-state index contributed by atoms with van der Waals surface area (Å²) in [5, 5.41) is 7.84. The highest BCUT2D eigenvalue weighted by atomic mass is 79.9. The number of nitrogens with one attached hydrogen (secondary N) is 1. The number of rotatable bonds is 3. The van der Waals surface area contributed by atoms with E-state index in [2.05, 4.69) is 63.4 Å². The summed E-state index contributed by atoms with van der Waals surface area (Å²) in [6.45, 7) is 5.93. The van der Waals surface area contributed by atoms with Gasteiger partial charge in [0.05, 0.1) is 6.54 Å². The smallest absolute Gasteiger partial charge is 0.152 e. The second-order valence-corrected chi connectivity index (χ2v) is 5.13. The van der Waals surface area contributed by atoms with Gasteiger partial charge in [0.2, 0.25) is 0 Å². The van der Waals surface area contributed by atoms with E-state index in [9.17, 15) is 0 Å². The molecular weight excluding hydrogens is 280 g/mol. The molecule has 2 heterocycles. The second kappa shape index (κ2) is 4.96. The van der Waals surface area contributed by atoms with Gasteiger partial charge in [-0.05, 0) is 35.9 Å². The fraction of sp³-hybridized carbons (Fsp3) is 0.417. The average Bonchev–Trinajstić information content (AvgIpc) is 2.57. The molecule has 5 heteroatoms. The van der Waals surface area contributed by atoms with Crippen LogP contribution in [0, 0.1) is 6.92 Å². The Balaban J connectivity index is 2.13. The second-order valence-electron chi connectivity index (χ2n) is 4.21. The lowest BCUT2D eigenvalue weighted by Gasteiger charge is -2.21. The molecular formula is C12H17BrN4. The lowest BCUT2D eigenvalue weighted by atomic mass is 10.3. The van der Waals surface area contributed by atoms with Crippen molar-refractivity contribution in [3.63, 3.8) is 0 Å². The topological polar surface area (TPSA) is 33.1 Å². The largest absolute Gasteiger partial charge is 0.374 e. The van der Waals surface area contributed by atoms with E-state index in [0.717, 1.165) is 29.1 Å². The third-order valence-corrected chi connectivity index (χ3v) is 3.08. The lowest BCUT2D eigenvalue weighted by molar-refractivity contribution is 0.491. The molecule has 1 aliphatic heterocycles. The van der Waals surface area contributed by atoms with Crippen molar-refractivity contribution in [1.82, 2.24) is 14.7 Å². The minimum Gasteiger partial charge on any atom is -0.374 e. The van der Waals surface area contributed by atoms with E-state index in [1.54, 1.807) is 0 Å². The van der Waals surface area contributed by atoms with Crippen molar-refractivity contribution >= 4 is 21.7 Å². The third-order valence-electron chi connectivity index (χ3n) is 2.64. The minimum atomic E-state index is 0.868. The molecule has 1 N–H and O–H groups in total. The standard InChI is InChI=1S/C12H17BrN4/c1-4-17-9(2)5-12(15-17)14-11-6-10(13)7-16(3)8-11/h5-7H,4,8H2,1-3H3,(H,14,15). The molecule has 1 aromatic heterocycles. The molecule has 0 aromatic carbocycles. The van der Waals surface area contributed by atoms with Gasteiger partial charge in [-0.1, -0.05) is 0 Å². The molecule has 4 nitrogen and oxygen atoms in total. The van der Waals surface area contributed by atoms with Crippen molar-refractivity contribution in [2.45, 2.75) is 20.4 Å².